The number of hydrogen-bond donors (Lipinski definition) is 0. The SMILES string of the molecule is C[Si]1(C)CCN(C(=O)c2cccc(-c3ccnc4cc(-c5ccc(S(C)(=O)=O)cc5)oc34)c2)CC1. The summed E-state index contributed by atoms with van der Waals surface area (Å²) in [6.07, 6.45) is 2.92. The van der Waals surface area contributed by atoms with Gasteiger partial charge in [-0.15, -0.1) is 0 Å². The molecule has 1 saturated heterocycles. The predicted molar refractivity (Wildman–Crippen MR) is 141 cm³/mol. The fourth-order valence-electron chi connectivity index (χ4n) is 4.49. The molecule has 1 amide bonds. The molecule has 0 atom stereocenters. The van der Waals surface area contributed by atoms with Crippen molar-refractivity contribution in [2.24, 2.45) is 0 Å². The van der Waals surface area contributed by atoms with Crippen molar-refractivity contribution in [3.63, 3.8) is 0 Å². The van der Waals surface area contributed by atoms with Crippen molar-refractivity contribution in [1.29, 1.82) is 0 Å². The van der Waals surface area contributed by atoms with E-state index in [4.69, 9.17) is 4.42 Å². The van der Waals surface area contributed by atoms with Crippen molar-refractivity contribution < 1.29 is 17.6 Å². The summed E-state index contributed by atoms with van der Waals surface area (Å²) in [7, 11) is -4.42. The molecule has 1 aliphatic rings. The number of carbonyl (C=O) groups excluding carboxylic acids is 1. The molecule has 6 nitrogen and oxygen atoms in total. The van der Waals surface area contributed by atoms with Crippen LogP contribution < -0.4 is 0 Å². The molecule has 0 N–H and O–H groups in total. The van der Waals surface area contributed by atoms with Crippen LogP contribution in [0.5, 0.6) is 0 Å². The highest BCUT2D eigenvalue weighted by Gasteiger charge is 2.30. The molecule has 4 aromatic rings. The highest BCUT2D eigenvalue weighted by atomic mass is 32.2. The summed E-state index contributed by atoms with van der Waals surface area (Å²) in [5, 5.41) is 0. The van der Waals surface area contributed by atoms with Gasteiger partial charge in [-0.1, -0.05) is 25.2 Å². The van der Waals surface area contributed by atoms with E-state index in [9.17, 15) is 13.2 Å². The summed E-state index contributed by atoms with van der Waals surface area (Å²) in [6.45, 7) is 6.45. The Labute approximate surface area is 206 Å². The minimum absolute atomic E-state index is 0.0766. The summed E-state index contributed by atoms with van der Waals surface area (Å²) in [6, 6.07) is 20.3. The van der Waals surface area contributed by atoms with E-state index in [2.05, 4.69) is 18.1 Å². The predicted octanol–water partition coefficient (Wildman–Crippen LogP) is 5.73. The molecular formula is C27H28N2O4SSi. The number of aromatic nitrogens is 1. The Morgan fingerprint density at radius 2 is 1.69 bits per heavy atom. The summed E-state index contributed by atoms with van der Waals surface area (Å²) in [4.78, 5) is 19.9. The second-order valence-corrected chi connectivity index (χ2v) is 17.4. The zero-order valence-electron chi connectivity index (χ0n) is 20.1. The van der Waals surface area contributed by atoms with E-state index >= 15 is 0 Å². The Morgan fingerprint density at radius 1 is 0.971 bits per heavy atom. The molecule has 0 unspecified atom stereocenters. The van der Waals surface area contributed by atoms with E-state index < -0.39 is 17.9 Å². The van der Waals surface area contributed by atoms with Crippen molar-refractivity contribution in [2.45, 2.75) is 30.1 Å². The molecule has 5 rings (SSSR count). The minimum atomic E-state index is -3.27. The van der Waals surface area contributed by atoms with Crippen LogP contribution >= 0.6 is 0 Å². The van der Waals surface area contributed by atoms with Crippen LogP contribution in [0.25, 0.3) is 33.6 Å². The van der Waals surface area contributed by atoms with E-state index in [0.717, 1.165) is 41.9 Å². The fourth-order valence-corrected chi connectivity index (χ4v) is 7.12. The lowest BCUT2D eigenvalue weighted by molar-refractivity contribution is 0.0765. The molecule has 0 spiro atoms. The van der Waals surface area contributed by atoms with Gasteiger partial charge in [0.1, 0.15) is 11.3 Å². The van der Waals surface area contributed by atoms with Crippen molar-refractivity contribution in [3.05, 3.63) is 72.4 Å². The first-order valence-electron chi connectivity index (χ1n) is 11.7. The van der Waals surface area contributed by atoms with Crippen LogP contribution in [-0.2, 0) is 9.84 Å². The van der Waals surface area contributed by atoms with Crippen LogP contribution in [0.2, 0.25) is 25.2 Å². The normalized spacial score (nSPS) is 15.9. The van der Waals surface area contributed by atoms with Gasteiger partial charge in [-0.05, 0) is 60.1 Å². The van der Waals surface area contributed by atoms with Gasteiger partial charge in [-0.2, -0.15) is 0 Å². The largest absolute Gasteiger partial charge is 0.454 e. The van der Waals surface area contributed by atoms with E-state index in [1.807, 2.05) is 41.3 Å². The zero-order valence-corrected chi connectivity index (χ0v) is 21.9. The molecule has 1 aliphatic heterocycles. The fraction of sp³-hybridized carbons (Fsp3) is 0.259. The molecule has 180 valence electrons. The minimum Gasteiger partial charge on any atom is -0.454 e. The highest BCUT2D eigenvalue weighted by molar-refractivity contribution is 7.90. The van der Waals surface area contributed by atoms with Gasteiger partial charge in [0.25, 0.3) is 5.91 Å². The molecule has 0 saturated carbocycles. The Hall–Kier alpha value is -3.23. The summed E-state index contributed by atoms with van der Waals surface area (Å²) in [5.74, 6) is 0.681. The third-order valence-electron chi connectivity index (χ3n) is 6.80. The van der Waals surface area contributed by atoms with Gasteiger partial charge >= 0.3 is 0 Å². The van der Waals surface area contributed by atoms with Gasteiger partial charge in [0, 0.05) is 48.3 Å². The Balaban J connectivity index is 1.47. The number of amides is 1. The number of rotatable bonds is 4. The van der Waals surface area contributed by atoms with E-state index in [-0.39, 0.29) is 10.8 Å². The van der Waals surface area contributed by atoms with Gasteiger partial charge in [0.05, 0.1) is 13.0 Å². The number of carbonyl (C=O) groups is 1. The zero-order chi connectivity index (χ0) is 24.8. The van der Waals surface area contributed by atoms with Crippen molar-refractivity contribution >= 4 is 34.9 Å². The van der Waals surface area contributed by atoms with Crippen LogP contribution in [0.4, 0.5) is 0 Å². The van der Waals surface area contributed by atoms with Gasteiger partial charge in [-0.3, -0.25) is 9.78 Å². The van der Waals surface area contributed by atoms with E-state index in [0.29, 0.717) is 22.4 Å². The number of fused-ring (bicyclic) bond motifs is 1. The first-order chi connectivity index (χ1) is 16.6. The van der Waals surface area contributed by atoms with E-state index in [1.54, 1.807) is 30.5 Å². The topological polar surface area (TPSA) is 80.5 Å². The molecular weight excluding hydrogens is 476 g/mol. The van der Waals surface area contributed by atoms with Crippen LogP contribution in [0.3, 0.4) is 0 Å². The number of furan rings is 1. The first kappa shape index (κ1) is 23.5. The lowest BCUT2D eigenvalue weighted by atomic mass is 10.0. The Bertz CT molecular complexity index is 1510. The standard InChI is InChI=1S/C27H28N2O4SSi/c1-34(31,32)22-9-7-19(8-10-22)25-18-24-26(33-25)23(11-12-28-24)20-5-4-6-21(17-20)27(30)29-13-15-35(2,3)16-14-29/h4-12,17-18H,13-16H2,1-3H3. The molecule has 0 aliphatic carbocycles. The lowest BCUT2D eigenvalue weighted by Crippen LogP contribution is -2.45. The van der Waals surface area contributed by atoms with E-state index in [1.165, 1.54) is 6.26 Å². The summed E-state index contributed by atoms with van der Waals surface area (Å²) >= 11 is 0. The summed E-state index contributed by atoms with van der Waals surface area (Å²) in [5.41, 5.74) is 4.52. The molecule has 2 aromatic carbocycles. The molecule has 2 aromatic heterocycles. The highest BCUT2D eigenvalue weighted by Crippen LogP contribution is 2.34. The van der Waals surface area contributed by atoms with Crippen molar-refractivity contribution in [3.8, 4) is 22.5 Å². The molecule has 8 heteroatoms. The second-order valence-electron chi connectivity index (χ2n) is 10.0. The molecule has 3 heterocycles. The first-order valence-corrected chi connectivity index (χ1v) is 17.0. The van der Waals surface area contributed by atoms with Crippen LogP contribution in [-0.4, -0.2) is 51.6 Å². The molecule has 35 heavy (non-hydrogen) atoms. The van der Waals surface area contributed by atoms with Gasteiger partial charge in [0.15, 0.2) is 15.4 Å². The van der Waals surface area contributed by atoms with Crippen LogP contribution in [0, 0.1) is 0 Å². The lowest BCUT2D eigenvalue weighted by Gasteiger charge is -2.35. The van der Waals surface area contributed by atoms with Crippen LogP contribution in [0.1, 0.15) is 10.4 Å². The number of pyridine rings is 1. The third kappa shape index (κ3) is 4.81. The maximum absolute atomic E-state index is 13.2. The Kier molecular flexibility index (Phi) is 5.89. The number of hydrogen-bond acceptors (Lipinski definition) is 5. The van der Waals surface area contributed by atoms with Crippen LogP contribution in [0.15, 0.2) is 76.2 Å². The number of nitrogens with zero attached hydrogens (tertiary/aromatic N) is 2. The molecule has 0 bridgehead atoms. The van der Waals surface area contributed by atoms with Crippen molar-refractivity contribution in [2.75, 3.05) is 19.3 Å². The Morgan fingerprint density at radius 3 is 2.37 bits per heavy atom. The van der Waals surface area contributed by atoms with Gasteiger partial charge in [-0.25, -0.2) is 8.42 Å². The van der Waals surface area contributed by atoms with Gasteiger partial charge < -0.3 is 9.32 Å². The second kappa shape index (κ2) is 8.77. The monoisotopic (exact) mass is 504 g/mol. The summed E-state index contributed by atoms with van der Waals surface area (Å²) < 4.78 is 29.7. The van der Waals surface area contributed by atoms with Gasteiger partial charge in [0.2, 0.25) is 0 Å². The quantitative estimate of drug-likeness (QED) is 0.332. The smallest absolute Gasteiger partial charge is 0.253 e. The maximum Gasteiger partial charge on any atom is 0.253 e. The number of sulfone groups is 1. The molecule has 1 fully saturated rings. The van der Waals surface area contributed by atoms with Crippen molar-refractivity contribution in [1.82, 2.24) is 9.88 Å². The average molecular weight is 505 g/mol. The third-order valence-corrected chi connectivity index (χ3v) is 11.1. The average Bonchev–Trinajstić information content (AvgIpc) is 3.28. The molecule has 0 radical (unpaired) electrons. The number of benzene rings is 2. The maximum atomic E-state index is 13.2.